The summed E-state index contributed by atoms with van der Waals surface area (Å²) in [5.41, 5.74) is 3.03. The number of hydrogen-bond donors (Lipinski definition) is 0. The number of carbonyl (C=O) groups excluding carboxylic acids is 1. The lowest BCUT2D eigenvalue weighted by Crippen LogP contribution is -2.05. The summed E-state index contributed by atoms with van der Waals surface area (Å²) in [6.07, 6.45) is 3.53. The van der Waals surface area contributed by atoms with Crippen molar-refractivity contribution >= 4 is 17.9 Å². The van der Waals surface area contributed by atoms with Crippen molar-refractivity contribution in [3.8, 4) is 5.75 Å². The first kappa shape index (κ1) is 17.9. The molecule has 0 radical (unpaired) electrons. The molecule has 0 amide bonds. The van der Waals surface area contributed by atoms with Crippen molar-refractivity contribution in [1.29, 1.82) is 0 Å². The van der Waals surface area contributed by atoms with Crippen molar-refractivity contribution in [2.45, 2.75) is 26.2 Å². The minimum absolute atomic E-state index is 0.270. The van der Waals surface area contributed by atoms with E-state index in [1.807, 2.05) is 31.2 Å². The lowest BCUT2D eigenvalue weighted by atomic mass is 10.1. The molecule has 3 rings (SSSR count). The van der Waals surface area contributed by atoms with E-state index in [9.17, 15) is 9.18 Å². The van der Waals surface area contributed by atoms with Gasteiger partial charge in [-0.15, -0.1) is 0 Å². The first-order chi connectivity index (χ1) is 12.6. The number of rotatable bonds is 6. The molecule has 0 atom stereocenters. The van der Waals surface area contributed by atoms with E-state index in [1.165, 1.54) is 12.1 Å². The summed E-state index contributed by atoms with van der Waals surface area (Å²) in [7, 11) is 1.64. The minimum atomic E-state index is -0.465. The Balaban J connectivity index is 1.74. The highest BCUT2D eigenvalue weighted by Crippen LogP contribution is 2.23. The quantitative estimate of drug-likeness (QED) is 0.574. The van der Waals surface area contributed by atoms with Crippen LogP contribution in [0.15, 0.2) is 53.2 Å². The molecule has 26 heavy (non-hydrogen) atoms. The molecule has 0 aliphatic carbocycles. The highest BCUT2D eigenvalue weighted by atomic mass is 19.1. The Bertz CT molecular complexity index is 887. The molecule has 0 unspecified atom stereocenters. The number of hydrogen-bond acceptors (Lipinski definition) is 4. The molecule has 5 heteroatoms. The normalized spacial score (nSPS) is 15.1. The highest BCUT2D eigenvalue weighted by Gasteiger charge is 2.22. The average molecular weight is 353 g/mol. The Hall–Kier alpha value is -2.95. The van der Waals surface area contributed by atoms with Gasteiger partial charge in [-0.1, -0.05) is 25.1 Å². The molecule has 0 spiro atoms. The molecule has 0 saturated carbocycles. The van der Waals surface area contributed by atoms with Crippen LogP contribution < -0.4 is 4.74 Å². The van der Waals surface area contributed by atoms with Crippen LogP contribution in [0.2, 0.25) is 0 Å². The molecule has 1 heterocycles. The fraction of sp³-hybridized carbons (Fsp3) is 0.238. The third-order valence-corrected chi connectivity index (χ3v) is 4.17. The standard InChI is InChI=1S/C21H20FNO3/c1-3-16-11-15(7-9-19(16)25-2)13-18-21(24)26-20(23-18)10-8-14-5-4-6-17(22)12-14/h4-7,9,11-13H,3,8,10H2,1-2H3/b18-13+. The fourth-order valence-corrected chi connectivity index (χ4v) is 2.83. The number of aryl methyl sites for hydroxylation is 2. The smallest absolute Gasteiger partial charge is 0.363 e. The summed E-state index contributed by atoms with van der Waals surface area (Å²) in [4.78, 5) is 16.3. The van der Waals surface area contributed by atoms with Gasteiger partial charge in [0, 0.05) is 6.42 Å². The molecule has 0 aromatic heterocycles. The zero-order valence-electron chi connectivity index (χ0n) is 14.8. The van der Waals surface area contributed by atoms with Gasteiger partial charge in [-0.2, -0.15) is 0 Å². The molecule has 134 valence electrons. The van der Waals surface area contributed by atoms with E-state index in [1.54, 1.807) is 19.3 Å². The van der Waals surface area contributed by atoms with Crippen LogP contribution in [0.5, 0.6) is 5.75 Å². The monoisotopic (exact) mass is 353 g/mol. The van der Waals surface area contributed by atoms with E-state index >= 15 is 0 Å². The van der Waals surface area contributed by atoms with Gasteiger partial charge in [0.05, 0.1) is 7.11 Å². The average Bonchev–Trinajstić information content (AvgIpc) is 2.99. The predicted octanol–water partition coefficient (Wildman–Crippen LogP) is 4.33. The molecular formula is C21H20FNO3. The summed E-state index contributed by atoms with van der Waals surface area (Å²) in [5, 5.41) is 0. The Morgan fingerprint density at radius 1 is 1.19 bits per heavy atom. The first-order valence-electron chi connectivity index (χ1n) is 8.52. The largest absolute Gasteiger partial charge is 0.496 e. The SMILES string of the molecule is CCc1cc(/C=C2/N=C(CCc3cccc(F)c3)OC2=O)ccc1OC. The zero-order chi connectivity index (χ0) is 18.5. The van der Waals surface area contributed by atoms with Gasteiger partial charge in [0.2, 0.25) is 0 Å². The number of benzene rings is 2. The van der Waals surface area contributed by atoms with E-state index in [4.69, 9.17) is 9.47 Å². The first-order valence-corrected chi connectivity index (χ1v) is 8.52. The van der Waals surface area contributed by atoms with Gasteiger partial charge in [0.25, 0.3) is 0 Å². The van der Waals surface area contributed by atoms with E-state index in [0.29, 0.717) is 18.7 Å². The number of halogens is 1. The van der Waals surface area contributed by atoms with Crippen molar-refractivity contribution in [3.63, 3.8) is 0 Å². The molecular weight excluding hydrogens is 333 g/mol. The maximum absolute atomic E-state index is 13.2. The lowest BCUT2D eigenvalue weighted by molar-refractivity contribution is -0.130. The number of methoxy groups -OCH3 is 1. The van der Waals surface area contributed by atoms with Crippen LogP contribution in [0.25, 0.3) is 6.08 Å². The third kappa shape index (κ3) is 4.17. The molecule has 0 N–H and O–H groups in total. The molecule has 1 aliphatic heterocycles. The minimum Gasteiger partial charge on any atom is -0.496 e. The summed E-state index contributed by atoms with van der Waals surface area (Å²) in [5.74, 6) is 0.436. The maximum Gasteiger partial charge on any atom is 0.363 e. The molecule has 2 aromatic carbocycles. The Morgan fingerprint density at radius 2 is 2.04 bits per heavy atom. The van der Waals surface area contributed by atoms with Gasteiger partial charge < -0.3 is 9.47 Å². The second-order valence-corrected chi connectivity index (χ2v) is 5.98. The molecule has 1 aliphatic rings. The Kier molecular flexibility index (Phi) is 5.46. The van der Waals surface area contributed by atoms with Gasteiger partial charge in [0.15, 0.2) is 11.6 Å². The van der Waals surface area contributed by atoms with E-state index < -0.39 is 5.97 Å². The van der Waals surface area contributed by atoms with Crippen LogP contribution in [0, 0.1) is 5.82 Å². The fourth-order valence-electron chi connectivity index (χ4n) is 2.83. The van der Waals surface area contributed by atoms with Crippen LogP contribution in [0.1, 0.15) is 30.0 Å². The van der Waals surface area contributed by atoms with E-state index in [-0.39, 0.29) is 11.5 Å². The number of ether oxygens (including phenoxy) is 2. The third-order valence-electron chi connectivity index (χ3n) is 4.17. The summed E-state index contributed by atoms with van der Waals surface area (Å²) in [6.45, 7) is 2.04. The van der Waals surface area contributed by atoms with Gasteiger partial charge in [-0.05, 0) is 59.9 Å². The summed E-state index contributed by atoms with van der Waals surface area (Å²) < 4.78 is 23.8. The van der Waals surface area contributed by atoms with Crippen molar-refractivity contribution in [2.24, 2.45) is 4.99 Å². The van der Waals surface area contributed by atoms with Crippen LogP contribution in [0.4, 0.5) is 4.39 Å². The maximum atomic E-state index is 13.2. The van der Waals surface area contributed by atoms with Crippen molar-refractivity contribution in [1.82, 2.24) is 0 Å². The Labute approximate surface area is 152 Å². The molecule has 0 saturated heterocycles. The van der Waals surface area contributed by atoms with Crippen LogP contribution >= 0.6 is 0 Å². The number of aliphatic imine (C=N–C) groups is 1. The van der Waals surface area contributed by atoms with Crippen LogP contribution in [0.3, 0.4) is 0 Å². The number of cyclic esters (lactones) is 1. The van der Waals surface area contributed by atoms with Gasteiger partial charge in [-0.3, -0.25) is 0 Å². The van der Waals surface area contributed by atoms with Crippen molar-refractivity contribution < 1.29 is 18.7 Å². The number of nitrogens with zero attached hydrogens (tertiary/aromatic N) is 1. The zero-order valence-corrected chi connectivity index (χ0v) is 14.8. The highest BCUT2D eigenvalue weighted by molar-refractivity contribution is 6.07. The van der Waals surface area contributed by atoms with Crippen LogP contribution in [-0.2, 0) is 22.4 Å². The summed E-state index contributed by atoms with van der Waals surface area (Å²) >= 11 is 0. The molecule has 4 nitrogen and oxygen atoms in total. The second-order valence-electron chi connectivity index (χ2n) is 5.98. The lowest BCUT2D eigenvalue weighted by Gasteiger charge is -2.07. The van der Waals surface area contributed by atoms with Gasteiger partial charge in [-0.25, -0.2) is 14.2 Å². The van der Waals surface area contributed by atoms with Crippen molar-refractivity contribution in [3.05, 3.63) is 70.7 Å². The van der Waals surface area contributed by atoms with E-state index in [0.717, 1.165) is 28.9 Å². The second kappa shape index (κ2) is 7.95. The summed E-state index contributed by atoms with van der Waals surface area (Å²) in [6, 6.07) is 12.1. The molecule has 0 bridgehead atoms. The van der Waals surface area contributed by atoms with Gasteiger partial charge >= 0.3 is 5.97 Å². The number of esters is 1. The topological polar surface area (TPSA) is 47.9 Å². The van der Waals surface area contributed by atoms with Crippen LogP contribution in [-0.4, -0.2) is 19.0 Å². The van der Waals surface area contributed by atoms with Crippen molar-refractivity contribution in [2.75, 3.05) is 7.11 Å². The van der Waals surface area contributed by atoms with E-state index in [2.05, 4.69) is 4.99 Å². The number of carbonyl (C=O) groups is 1. The molecule has 2 aromatic rings. The predicted molar refractivity (Wildman–Crippen MR) is 98.6 cm³/mol. The van der Waals surface area contributed by atoms with Gasteiger partial charge in [0.1, 0.15) is 11.6 Å². The Morgan fingerprint density at radius 3 is 2.77 bits per heavy atom. The molecule has 0 fully saturated rings.